The zero-order valence-corrected chi connectivity index (χ0v) is 11.4. The van der Waals surface area contributed by atoms with Gasteiger partial charge < -0.3 is 20.6 Å². The summed E-state index contributed by atoms with van der Waals surface area (Å²) >= 11 is 0. The summed E-state index contributed by atoms with van der Waals surface area (Å²) in [6, 6.07) is 5.06. The van der Waals surface area contributed by atoms with Crippen molar-refractivity contribution < 1.29 is 9.59 Å². The molecule has 2 aromatic rings. The average molecular weight is 288 g/mol. The molecule has 1 aliphatic rings. The van der Waals surface area contributed by atoms with Crippen molar-refractivity contribution in [2.45, 2.75) is 12.8 Å². The quantitative estimate of drug-likeness (QED) is 0.733. The van der Waals surface area contributed by atoms with Crippen molar-refractivity contribution in [3.8, 4) is 0 Å². The van der Waals surface area contributed by atoms with Crippen LogP contribution in [-0.4, -0.2) is 39.8 Å². The minimum absolute atomic E-state index is 0.0955. The number of carbonyl (C=O) groups is 2. The van der Waals surface area contributed by atoms with Gasteiger partial charge in [0.15, 0.2) is 0 Å². The van der Waals surface area contributed by atoms with Gasteiger partial charge in [-0.05, 0) is 31.0 Å². The van der Waals surface area contributed by atoms with Gasteiger partial charge in [-0.1, -0.05) is 0 Å². The molecular formula is C14H16N4O3. The lowest BCUT2D eigenvalue weighted by molar-refractivity contribution is -0.123. The normalized spacial score (nSPS) is 16.3. The van der Waals surface area contributed by atoms with E-state index in [0.29, 0.717) is 42.5 Å². The monoisotopic (exact) mass is 288 g/mol. The van der Waals surface area contributed by atoms with E-state index in [1.165, 1.54) is 0 Å². The van der Waals surface area contributed by atoms with Crippen LogP contribution in [0.15, 0.2) is 23.0 Å². The van der Waals surface area contributed by atoms with Gasteiger partial charge in [0.05, 0.1) is 11.0 Å². The van der Waals surface area contributed by atoms with Gasteiger partial charge in [-0.3, -0.25) is 9.59 Å². The van der Waals surface area contributed by atoms with Crippen LogP contribution in [0.25, 0.3) is 11.0 Å². The van der Waals surface area contributed by atoms with E-state index in [1.54, 1.807) is 23.1 Å². The maximum absolute atomic E-state index is 12.4. The third-order valence-electron chi connectivity index (χ3n) is 3.95. The van der Waals surface area contributed by atoms with Crippen molar-refractivity contribution in [1.29, 1.82) is 0 Å². The molecule has 0 radical (unpaired) electrons. The second-order valence-electron chi connectivity index (χ2n) is 5.31. The van der Waals surface area contributed by atoms with Gasteiger partial charge in [-0.25, -0.2) is 4.79 Å². The lowest BCUT2D eigenvalue weighted by atomic mass is 9.96. The topological polar surface area (TPSA) is 112 Å². The zero-order valence-electron chi connectivity index (χ0n) is 11.4. The fourth-order valence-electron chi connectivity index (χ4n) is 2.72. The van der Waals surface area contributed by atoms with Gasteiger partial charge >= 0.3 is 5.69 Å². The Morgan fingerprint density at radius 2 is 1.81 bits per heavy atom. The smallest absolute Gasteiger partial charge is 0.323 e. The number of primary amides is 1. The first-order valence-corrected chi connectivity index (χ1v) is 6.85. The van der Waals surface area contributed by atoms with Gasteiger partial charge in [0.25, 0.3) is 5.91 Å². The zero-order chi connectivity index (χ0) is 15.0. The number of hydrogen-bond donors (Lipinski definition) is 3. The van der Waals surface area contributed by atoms with Gasteiger partial charge in [-0.2, -0.15) is 0 Å². The third-order valence-corrected chi connectivity index (χ3v) is 3.95. The molecule has 0 saturated carbocycles. The number of nitrogens with one attached hydrogen (secondary N) is 2. The molecule has 0 atom stereocenters. The Hall–Kier alpha value is -2.57. The van der Waals surface area contributed by atoms with E-state index in [0.717, 1.165) is 0 Å². The highest BCUT2D eigenvalue weighted by atomic mass is 16.2. The van der Waals surface area contributed by atoms with E-state index in [1.807, 2.05) is 0 Å². The summed E-state index contributed by atoms with van der Waals surface area (Å²) in [5, 5.41) is 0. The van der Waals surface area contributed by atoms with Gasteiger partial charge in [0.1, 0.15) is 0 Å². The largest absolute Gasteiger partial charge is 0.369 e. The summed E-state index contributed by atoms with van der Waals surface area (Å²) < 4.78 is 0. The molecular weight excluding hydrogens is 272 g/mol. The van der Waals surface area contributed by atoms with Crippen LogP contribution in [0.4, 0.5) is 0 Å². The number of imidazole rings is 1. The highest BCUT2D eigenvalue weighted by Crippen LogP contribution is 2.19. The molecule has 7 nitrogen and oxygen atoms in total. The Balaban J connectivity index is 1.78. The average Bonchev–Trinajstić information content (AvgIpc) is 2.85. The summed E-state index contributed by atoms with van der Waals surface area (Å²) in [7, 11) is 0. The number of amides is 2. The maximum Gasteiger partial charge on any atom is 0.323 e. The van der Waals surface area contributed by atoms with Crippen LogP contribution in [0.2, 0.25) is 0 Å². The molecule has 0 bridgehead atoms. The molecule has 110 valence electrons. The molecule has 2 heterocycles. The van der Waals surface area contributed by atoms with Crippen LogP contribution in [0, 0.1) is 5.92 Å². The van der Waals surface area contributed by atoms with Crippen molar-refractivity contribution in [3.63, 3.8) is 0 Å². The molecule has 21 heavy (non-hydrogen) atoms. The molecule has 2 amide bonds. The fraction of sp³-hybridized carbons (Fsp3) is 0.357. The number of aromatic amines is 2. The van der Waals surface area contributed by atoms with Crippen LogP contribution in [0.3, 0.4) is 0 Å². The van der Waals surface area contributed by atoms with E-state index >= 15 is 0 Å². The second kappa shape index (κ2) is 5.08. The summed E-state index contributed by atoms with van der Waals surface area (Å²) in [4.78, 5) is 41.8. The molecule has 0 spiro atoms. The lowest BCUT2D eigenvalue weighted by Gasteiger charge is -2.30. The second-order valence-corrected chi connectivity index (χ2v) is 5.31. The standard InChI is InChI=1S/C14H16N4O3/c15-12(19)8-3-5-18(6-4-8)13(20)9-1-2-10-11(7-9)17-14(21)16-10/h1-2,7-8H,3-6H2,(H2,15,19)(H2,16,17,21). The van der Waals surface area contributed by atoms with Crippen LogP contribution in [0.5, 0.6) is 0 Å². The van der Waals surface area contributed by atoms with Crippen LogP contribution in [0.1, 0.15) is 23.2 Å². The number of fused-ring (bicyclic) bond motifs is 1. The van der Waals surface area contributed by atoms with Crippen LogP contribution < -0.4 is 11.4 Å². The number of carbonyl (C=O) groups excluding carboxylic acids is 2. The highest BCUT2D eigenvalue weighted by molar-refractivity contribution is 5.97. The minimum atomic E-state index is -0.298. The summed E-state index contributed by atoms with van der Waals surface area (Å²) in [6.07, 6.45) is 1.20. The first-order valence-electron chi connectivity index (χ1n) is 6.85. The first kappa shape index (κ1) is 13.4. The van der Waals surface area contributed by atoms with E-state index in [-0.39, 0.29) is 23.4 Å². The molecule has 0 unspecified atom stereocenters. The molecule has 1 aromatic carbocycles. The number of H-pyrrole nitrogens is 2. The van der Waals surface area contributed by atoms with Gasteiger partial charge in [0.2, 0.25) is 5.91 Å². The van der Waals surface area contributed by atoms with Crippen molar-refractivity contribution in [3.05, 3.63) is 34.2 Å². The van der Waals surface area contributed by atoms with Crippen molar-refractivity contribution in [2.75, 3.05) is 13.1 Å². The van der Waals surface area contributed by atoms with Crippen LogP contribution >= 0.6 is 0 Å². The number of hydrogen-bond acceptors (Lipinski definition) is 3. The Labute approximate surface area is 120 Å². The van der Waals surface area contributed by atoms with Crippen molar-refractivity contribution in [1.82, 2.24) is 14.9 Å². The molecule has 1 aromatic heterocycles. The summed E-state index contributed by atoms with van der Waals surface area (Å²) in [6.45, 7) is 1.04. The molecule has 0 aliphatic carbocycles. The van der Waals surface area contributed by atoms with E-state index in [9.17, 15) is 14.4 Å². The number of likely N-dealkylation sites (tertiary alicyclic amines) is 1. The fourth-order valence-corrected chi connectivity index (χ4v) is 2.72. The predicted octanol–water partition coefficient (Wildman–Crippen LogP) is 0.194. The molecule has 4 N–H and O–H groups in total. The van der Waals surface area contributed by atoms with E-state index < -0.39 is 0 Å². The Morgan fingerprint density at radius 3 is 2.48 bits per heavy atom. The van der Waals surface area contributed by atoms with E-state index in [4.69, 9.17) is 5.73 Å². The Morgan fingerprint density at radius 1 is 1.14 bits per heavy atom. The summed E-state index contributed by atoms with van der Waals surface area (Å²) in [5.74, 6) is -0.534. The van der Waals surface area contributed by atoms with Crippen molar-refractivity contribution in [2.24, 2.45) is 11.7 Å². The number of piperidine rings is 1. The molecule has 1 fully saturated rings. The number of rotatable bonds is 2. The molecule has 3 rings (SSSR count). The molecule has 1 saturated heterocycles. The molecule has 7 heteroatoms. The Bertz CT molecular complexity index is 753. The SMILES string of the molecule is NC(=O)C1CCN(C(=O)c2ccc3[nH]c(=O)[nH]c3c2)CC1. The minimum Gasteiger partial charge on any atom is -0.369 e. The van der Waals surface area contributed by atoms with Crippen molar-refractivity contribution >= 4 is 22.8 Å². The highest BCUT2D eigenvalue weighted by Gasteiger charge is 2.26. The van der Waals surface area contributed by atoms with Crippen LogP contribution in [-0.2, 0) is 4.79 Å². The third kappa shape index (κ3) is 2.54. The number of benzene rings is 1. The van der Waals surface area contributed by atoms with E-state index in [2.05, 4.69) is 9.97 Å². The maximum atomic E-state index is 12.4. The van der Waals surface area contributed by atoms with Gasteiger partial charge in [-0.15, -0.1) is 0 Å². The number of aromatic nitrogens is 2. The first-order chi connectivity index (χ1) is 10.0. The summed E-state index contributed by atoms with van der Waals surface area (Å²) in [5.41, 5.74) is 6.79. The predicted molar refractivity (Wildman–Crippen MR) is 76.7 cm³/mol. The molecule has 1 aliphatic heterocycles. The number of nitrogens with two attached hydrogens (primary N) is 1. The van der Waals surface area contributed by atoms with Gasteiger partial charge in [0, 0.05) is 24.6 Å². The Kier molecular flexibility index (Phi) is 3.25. The number of nitrogens with zero attached hydrogens (tertiary/aromatic N) is 1. The lowest BCUT2D eigenvalue weighted by Crippen LogP contribution is -2.41.